The fourth-order valence-corrected chi connectivity index (χ4v) is 2.84. The molecule has 18 heavy (non-hydrogen) atoms. The van der Waals surface area contributed by atoms with E-state index in [-0.39, 0.29) is 0 Å². The number of anilines is 1. The molecule has 1 heterocycles. The number of aromatic nitrogens is 2. The first-order valence-corrected chi connectivity index (χ1v) is 6.68. The van der Waals surface area contributed by atoms with Gasteiger partial charge in [0.15, 0.2) is 0 Å². The molecule has 6 heteroatoms. The van der Waals surface area contributed by atoms with Gasteiger partial charge in [-0.2, -0.15) is 0 Å². The number of halogens is 1. The van der Waals surface area contributed by atoms with Crippen LogP contribution in [-0.4, -0.2) is 9.97 Å². The lowest BCUT2D eigenvalue weighted by Gasteiger charge is -2.10. The number of benzene rings is 1. The molecule has 0 bridgehead atoms. The van der Waals surface area contributed by atoms with Crippen LogP contribution in [0.25, 0.3) is 0 Å². The zero-order valence-corrected chi connectivity index (χ0v) is 11.4. The summed E-state index contributed by atoms with van der Waals surface area (Å²) >= 11 is 7.52. The smallest absolute Gasteiger partial charge is 0.147 e. The Bertz CT molecular complexity index is 547. The third-order valence-corrected chi connectivity index (χ3v) is 3.68. The Morgan fingerprint density at radius 2 is 2.22 bits per heavy atom. The normalized spacial score (nSPS) is 10.4. The van der Waals surface area contributed by atoms with Gasteiger partial charge in [0.05, 0.1) is 0 Å². The number of nitrogen functional groups attached to an aromatic ring is 1. The van der Waals surface area contributed by atoms with Crippen LogP contribution in [0.1, 0.15) is 12.5 Å². The van der Waals surface area contributed by atoms with Crippen LogP contribution in [0, 0.1) is 0 Å². The van der Waals surface area contributed by atoms with Gasteiger partial charge in [0.2, 0.25) is 0 Å². The second kappa shape index (κ2) is 6.04. The van der Waals surface area contributed by atoms with E-state index in [1.165, 1.54) is 6.33 Å². The number of hydrogen-bond acceptors (Lipinski definition) is 5. The van der Waals surface area contributed by atoms with Crippen LogP contribution in [0.3, 0.4) is 0 Å². The Hall–Kier alpha value is -1.30. The van der Waals surface area contributed by atoms with Crippen LogP contribution in [-0.2, 0) is 6.42 Å². The van der Waals surface area contributed by atoms with Gasteiger partial charge in [-0.1, -0.05) is 36.4 Å². The molecular weight excluding hydrogens is 268 g/mol. The number of hydrogen-bond donors (Lipinski definition) is 2. The SMILES string of the molecule is CCc1c(NN)ncnc1Sc1cccc(Cl)c1. The van der Waals surface area contributed by atoms with Crippen LogP contribution in [0.2, 0.25) is 5.02 Å². The predicted molar refractivity (Wildman–Crippen MR) is 74.8 cm³/mol. The summed E-state index contributed by atoms with van der Waals surface area (Å²) in [5.41, 5.74) is 3.60. The number of hydrazine groups is 1. The molecule has 1 aromatic carbocycles. The van der Waals surface area contributed by atoms with Crippen molar-refractivity contribution in [3.63, 3.8) is 0 Å². The number of nitrogens with two attached hydrogens (primary N) is 1. The molecule has 94 valence electrons. The number of rotatable bonds is 4. The molecule has 0 saturated heterocycles. The number of nitrogens with one attached hydrogen (secondary N) is 1. The second-order valence-electron chi connectivity index (χ2n) is 3.56. The van der Waals surface area contributed by atoms with Crippen molar-refractivity contribution >= 4 is 29.2 Å². The molecule has 2 rings (SSSR count). The van der Waals surface area contributed by atoms with E-state index in [4.69, 9.17) is 17.4 Å². The van der Waals surface area contributed by atoms with Gasteiger partial charge in [0.1, 0.15) is 17.2 Å². The van der Waals surface area contributed by atoms with E-state index in [9.17, 15) is 0 Å². The Labute approximate surface area is 115 Å². The van der Waals surface area contributed by atoms with Gasteiger partial charge in [-0.05, 0) is 24.6 Å². The van der Waals surface area contributed by atoms with Crippen molar-refractivity contribution in [3.05, 3.63) is 41.2 Å². The van der Waals surface area contributed by atoms with Gasteiger partial charge in [0.25, 0.3) is 0 Å². The van der Waals surface area contributed by atoms with Crippen LogP contribution in [0.15, 0.2) is 40.5 Å². The van der Waals surface area contributed by atoms with Crippen LogP contribution < -0.4 is 11.3 Å². The highest BCUT2D eigenvalue weighted by Gasteiger charge is 2.10. The predicted octanol–water partition coefficient (Wildman–Crippen LogP) is 3.13. The monoisotopic (exact) mass is 280 g/mol. The average molecular weight is 281 g/mol. The molecule has 3 N–H and O–H groups in total. The third-order valence-electron chi connectivity index (χ3n) is 2.41. The summed E-state index contributed by atoms with van der Waals surface area (Å²) in [6.07, 6.45) is 2.31. The fraction of sp³-hybridized carbons (Fsp3) is 0.167. The highest BCUT2D eigenvalue weighted by molar-refractivity contribution is 7.99. The Morgan fingerprint density at radius 3 is 2.89 bits per heavy atom. The van der Waals surface area contributed by atoms with Crippen molar-refractivity contribution < 1.29 is 0 Å². The van der Waals surface area contributed by atoms with Gasteiger partial charge in [-0.3, -0.25) is 0 Å². The summed E-state index contributed by atoms with van der Waals surface area (Å²) in [6, 6.07) is 7.66. The lowest BCUT2D eigenvalue weighted by molar-refractivity contribution is 0.941. The molecule has 0 atom stereocenters. The van der Waals surface area contributed by atoms with Crippen molar-refractivity contribution in [2.75, 3.05) is 5.43 Å². The second-order valence-corrected chi connectivity index (χ2v) is 5.06. The van der Waals surface area contributed by atoms with Crippen molar-refractivity contribution in [1.29, 1.82) is 0 Å². The standard InChI is InChI=1S/C12H13ClN4S/c1-2-10-11(17-14)15-7-16-12(10)18-9-5-3-4-8(13)6-9/h3-7H,2,14H2,1H3,(H,15,16,17). The van der Waals surface area contributed by atoms with Crippen molar-refractivity contribution in [1.82, 2.24) is 9.97 Å². The van der Waals surface area contributed by atoms with Crippen molar-refractivity contribution in [3.8, 4) is 0 Å². The van der Waals surface area contributed by atoms with E-state index in [2.05, 4.69) is 15.4 Å². The van der Waals surface area contributed by atoms with Gasteiger partial charge < -0.3 is 5.43 Å². The van der Waals surface area contributed by atoms with Crippen molar-refractivity contribution in [2.24, 2.45) is 5.84 Å². The van der Waals surface area contributed by atoms with Gasteiger partial charge >= 0.3 is 0 Å². The first-order valence-electron chi connectivity index (χ1n) is 5.48. The minimum absolute atomic E-state index is 0.664. The average Bonchev–Trinajstić information content (AvgIpc) is 2.38. The summed E-state index contributed by atoms with van der Waals surface area (Å²) in [6.45, 7) is 2.04. The Balaban J connectivity index is 2.34. The van der Waals surface area contributed by atoms with E-state index in [0.717, 1.165) is 21.9 Å². The highest BCUT2D eigenvalue weighted by Crippen LogP contribution is 2.32. The zero-order chi connectivity index (χ0) is 13.0. The fourth-order valence-electron chi connectivity index (χ4n) is 1.57. The van der Waals surface area contributed by atoms with Crippen LogP contribution in [0.5, 0.6) is 0 Å². The maximum absolute atomic E-state index is 5.96. The van der Waals surface area contributed by atoms with Gasteiger partial charge in [-0.15, -0.1) is 0 Å². The molecule has 1 aromatic heterocycles. The maximum Gasteiger partial charge on any atom is 0.147 e. The van der Waals surface area contributed by atoms with E-state index in [1.807, 2.05) is 31.2 Å². The molecule has 2 aromatic rings. The largest absolute Gasteiger partial charge is 0.308 e. The van der Waals surface area contributed by atoms with E-state index < -0.39 is 0 Å². The summed E-state index contributed by atoms with van der Waals surface area (Å²) in [7, 11) is 0. The summed E-state index contributed by atoms with van der Waals surface area (Å²) in [5.74, 6) is 6.11. The van der Waals surface area contributed by atoms with Crippen LogP contribution >= 0.6 is 23.4 Å². The zero-order valence-electron chi connectivity index (χ0n) is 9.85. The van der Waals surface area contributed by atoms with Gasteiger partial charge in [0, 0.05) is 15.5 Å². The number of nitrogens with zero attached hydrogens (tertiary/aromatic N) is 2. The van der Waals surface area contributed by atoms with Gasteiger partial charge in [-0.25, -0.2) is 15.8 Å². The first-order chi connectivity index (χ1) is 8.74. The summed E-state index contributed by atoms with van der Waals surface area (Å²) < 4.78 is 0. The lowest BCUT2D eigenvalue weighted by Crippen LogP contribution is -2.12. The molecule has 0 aliphatic rings. The minimum Gasteiger partial charge on any atom is -0.308 e. The molecule has 0 aliphatic heterocycles. The molecule has 0 aliphatic carbocycles. The first kappa shape index (κ1) is 13.1. The summed E-state index contributed by atoms with van der Waals surface area (Å²) in [5, 5.41) is 1.60. The minimum atomic E-state index is 0.664. The van der Waals surface area contributed by atoms with E-state index in [1.54, 1.807) is 11.8 Å². The molecule has 0 spiro atoms. The molecule has 0 radical (unpaired) electrons. The Morgan fingerprint density at radius 1 is 1.39 bits per heavy atom. The molecular formula is C12H13ClN4S. The quantitative estimate of drug-likeness (QED) is 0.512. The lowest BCUT2D eigenvalue weighted by atomic mass is 10.2. The molecule has 0 saturated carbocycles. The highest BCUT2D eigenvalue weighted by atomic mass is 35.5. The summed E-state index contributed by atoms with van der Waals surface area (Å²) in [4.78, 5) is 9.44. The molecule has 0 amide bonds. The van der Waals surface area contributed by atoms with E-state index in [0.29, 0.717) is 10.8 Å². The third kappa shape index (κ3) is 2.93. The Kier molecular flexibility index (Phi) is 4.41. The van der Waals surface area contributed by atoms with E-state index >= 15 is 0 Å². The maximum atomic E-state index is 5.96. The molecule has 0 fully saturated rings. The van der Waals surface area contributed by atoms with Crippen LogP contribution in [0.4, 0.5) is 5.82 Å². The van der Waals surface area contributed by atoms with Crippen molar-refractivity contribution in [2.45, 2.75) is 23.3 Å². The topological polar surface area (TPSA) is 63.8 Å². The molecule has 0 unspecified atom stereocenters. The molecule has 4 nitrogen and oxygen atoms in total.